The molecule has 0 atom stereocenters. The summed E-state index contributed by atoms with van der Waals surface area (Å²) in [6.45, 7) is 4.46. The van der Waals surface area contributed by atoms with Crippen molar-refractivity contribution < 1.29 is 14.4 Å². The van der Waals surface area contributed by atoms with E-state index in [0.717, 1.165) is 10.5 Å². The highest BCUT2D eigenvalue weighted by molar-refractivity contribution is 6.41. The van der Waals surface area contributed by atoms with Crippen LogP contribution in [0, 0.1) is 0 Å². The van der Waals surface area contributed by atoms with Gasteiger partial charge < -0.3 is 11.1 Å². The number of nitrogens with two attached hydrogens (primary N) is 1. The van der Waals surface area contributed by atoms with Crippen molar-refractivity contribution in [2.45, 2.75) is 26.2 Å². The van der Waals surface area contributed by atoms with Crippen LogP contribution in [0.4, 0.5) is 5.69 Å². The number of nitrogens with zero attached hydrogens (tertiary/aromatic N) is 1. The highest BCUT2D eigenvalue weighted by Gasteiger charge is 2.22. The van der Waals surface area contributed by atoms with E-state index in [9.17, 15) is 14.4 Å². The van der Waals surface area contributed by atoms with Crippen molar-refractivity contribution in [3.05, 3.63) is 29.8 Å². The molecule has 0 radical (unpaired) electrons. The monoisotopic (exact) mass is 291 g/mol. The van der Waals surface area contributed by atoms with Crippen LogP contribution in [0.25, 0.3) is 0 Å². The molecule has 0 heterocycles. The first-order chi connectivity index (χ1) is 10.0. The fraction of sp³-hybridized carbons (Fsp3) is 0.400. The molecule has 0 spiro atoms. The molecule has 0 fully saturated rings. The van der Waals surface area contributed by atoms with Crippen molar-refractivity contribution in [1.29, 1.82) is 0 Å². The zero-order chi connectivity index (χ0) is 15.8. The summed E-state index contributed by atoms with van der Waals surface area (Å²) in [4.78, 5) is 35.6. The van der Waals surface area contributed by atoms with Gasteiger partial charge in [-0.05, 0) is 30.5 Å². The summed E-state index contributed by atoms with van der Waals surface area (Å²) in [5, 5.41) is 2.56. The second kappa shape index (κ2) is 8.16. The second-order valence-electron chi connectivity index (χ2n) is 4.94. The predicted octanol–water partition coefficient (Wildman–Crippen LogP) is 1.08. The Bertz CT molecular complexity index is 515. The van der Waals surface area contributed by atoms with E-state index in [1.165, 1.54) is 0 Å². The quantitative estimate of drug-likeness (QED) is 0.606. The zero-order valence-electron chi connectivity index (χ0n) is 12.3. The average Bonchev–Trinajstić information content (AvgIpc) is 2.48. The van der Waals surface area contributed by atoms with E-state index in [4.69, 9.17) is 5.73 Å². The minimum atomic E-state index is -0.878. The van der Waals surface area contributed by atoms with E-state index >= 15 is 0 Å². The lowest BCUT2D eigenvalue weighted by atomic mass is 10.0. The first-order valence-electron chi connectivity index (χ1n) is 6.87. The molecule has 3 N–H and O–H groups in total. The predicted molar refractivity (Wildman–Crippen MR) is 80.6 cm³/mol. The summed E-state index contributed by atoms with van der Waals surface area (Å²) in [5.74, 6) is -1.50. The molecule has 0 aliphatic carbocycles. The normalized spacial score (nSPS) is 10.3. The van der Waals surface area contributed by atoms with Crippen molar-refractivity contribution in [2.75, 3.05) is 18.4 Å². The van der Waals surface area contributed by atoms with Crippen LogP contribution >= 0.6 is 0 Å². The molecular weight excluding hydrogens is 270 g/mol. The maximum Gasteiger partial charge on any atom is 0.318 e. The number of nitrogens with one attached hydrogen (secondary N) is 1. The summed E-state index contributed by atoms with van der Waals surface area (Å²) < 4.78 is 0. The number of imide groups is 1. The molecule has 114 valence electrons. The molecule has 1 rings (SSSR count). The van der Waals surface area contributed by atoms with Crippen molar-refractivity contribution in [3.63, 3.8) is 0 Å². The number of hydrogen-bond donors (Lipinski definition) is 2. The van der Waals surface area contributed by atoms with Gasteiger partial charge in [-0.25, -0.2) is 0 Å². The van der Waals surface area contributed by atoms with Crippen LogP contribution in [0.15, 0.2) is 24.3 Å². The summed E-state index contributed by atoms with van der Waals surface area (Å²) >= 11 is 0. The molecule has 21 heavy (non-hydrogen) atoms. The molecule has 0 saturated carbocycles. The molecule has 0 aliphatic rings. The third kappa shape index (κ3) is 4.68. The van der Waals surface area contributed by atoms with Gasteiger partial charge in [-0.3, -0.25) is 19.3 Å². The van der Waals surface area contributed by atoms with E-state index in [1.807, 2.05) is 26.0 Å². The minimum Gasteiger partial charge on any atom is -0.330 e. The van der Waals surface area contributed by atoms with Crippen molar-refractivity contribution in [2.24, 2.45) is 5.73 Å². The molecule has 0 aliphatic heterocycles. The SMILES string of the molecule is CC(C)c1ccccc1NC(=O)C(=O)N(C=O)CCCN. The van der Waals surface area contributed by atoms with Crippen LogP contribution < -0.4 is 11.1 Å². The Morgan fingerprint density at radius 2 is 2.00 bits per heavy atom. The highest BCUT2D eigenvalue weighted by atomic mass is 16.2. The van der Waals surface area contributed by atoms with Crippen molar-refractivity contribution in [3.8, 4) is 0 Å². The van der Waals surface area contributed by atoms with E-state index in [-0.39, 0.29) is 12.5 Å². The molecule has 0 unspecified atom stereocenters. The largest absolute Gasteiger partial charge is 0.330 e. The van der Waals surface area contributed by atoms with Gasteiger partial charge in [0, 0.05) is 12.2 Å². The molecule has 0 aromatic heterocycles. The summed E-state index contributed by atoms with van der Waals surface area (Å²) in [7, 11) is 0. The van der Waals surface area contributed by atoms with Gasteiger partial charge in [-0.1, -0.05) is 32.0 Å². The number of carbonyl (C=O) groups is 3. The van der Waals surface area contributed by atoms with Crippen LogP contribution in [0.3, 0.4) is 0 Å². The first-order valence-corrected chi connectivity index (χ1v) is 6.87. The molecular formula is C15H21N3O3. The molecule has 1 aromatic rings. The number of hydrogen-bond acceptors (Lipinski definition) is 4. The molecule has 3 amide bonds. The van der Waals surface area contributed by atoms with Crippen LogP contribution in [-0.2, 0) is 14.4 Å². The number of amides is 3. The van der Waals surface area contributed by atoms with Crippen LogP contribution in [0.5, 0.6) is 0 Å². The Labute approximate surface area is 124 Å². The third-order valence-corrected chi connectivity index (χ3v) is 3.02. The Morgan fingerprint density at radius 1 is 1.33 bits per heavy atom. The maximum atomic E-state index is 12.0. The van der Waals surface area contributed by atoms with E-state index in [2.05, 4.69) is 5.32 Å². The standard InChI is InChI=1S/C15H21N3O3/c1-11(2)12-6-3-4-7-13(12)17-14(20)15(21)18(10-19)9-5-8-16/h3-4,6-7,10-11H,5,8-9,16H2,1-2H3,(H,17,20). The number of para-hydroxylation sites is 1. The van der Waals surface area contributed by atoms with E-state index in [0.29, 0.717) is 25.1 Å². The molecule has 1 aromatic carbocycles. The van der Waals surface area contributed by atoms with Crippen molar-refractivity contribution >= 4 is 23.9 Å². The number of carbonyl (C=O) groups excluding carboxylic acids is 3. The summed E-state index contributed by atoms with van der Waals surface area (Å²) in [5.41, 5.74) is 6.84. The minimum absolute atomic E-state index is 0.137. The molecule has 0 bridgehead atoms. The highest BCUT2D eigenvalue weighted by Crippen LogP contribution is 2.23. The van der Waals surface area contributed by atoms with Gasteiger partial charge in [0.25, 0.3) is 0 Å². The smallest absolute Gasteiger partial charge is 0.318 e. The van der Waals surface area contributed by atoms with Gasteiger partial charge in [-0.2, -0.15) is 0 Å². The topological polar surface area (TPSA) is 92.5 Å². The van der Waals surface area contributed by atoms with Gasteiger partial charge in [0.2, 0.25) is 6.41 Å². The Balaban J connectivity index is 2.81. The van der Waals surface area contributed by atoms with Crippen LogP contribution in [0.1, 0.15) is 31.7 Å². The van der Waals surface area contributed by atoms with Gasteiger partial charge in [-0.15, -0.1) is 0 Å². The maximum absolute atomic E-state index is 12.0. The number of anilines is 1. The van der Waals surface area contributed by atoms with Gasteiger partial charge >= 0.3 is 11.8 Å². The second-order valence-corrected chi connectivity index (χ2v) is 4.94. The molecule has 6 nitrogen and oxygen atoms in total. The summed E-state index contributed by atoms with van der Waals surface area (Å²) in [6.07, 6.45) is 0.812. The van der Waals surface area contributed by atoms with Gasteiger partial charge in [0.1, 0.15) is 0 Å². The summed E-state index contributed by atoms with van der Waals surface area (Å²) in [6, 6.07) is 7.26. The van der Waals surface area contributed by atoms with Gasteiger partial charge in [0.05, 0.1) is 0 Å². The average molecular weight is 291 g/mol. The van der Waals surface area contributed by atoms with Gasteiger partial charge in [0.15, 0.2) is 0 Å². The Morgan fingerprint density at radius 3 is 2.57 bits per heavy atom. The van der Waals surface area contributed by atoms with Crippen LogP contribution in [-0.4, -0.2) is 36.2 Å². The fourth-order valence-corrected chi connectivity index (χ4v) is 1.88. The molecule has 6 heteroatoms. The van der Waals surface area contributed by atoms with E-state index < -0.39 is 11.8 Å². The fourth-order valence-electron chi connectivity index (χ4n) is 1.88. The van der Waals surface area contributed by atoms with E-state index in [1.54, 1.807) is 12.1 Å². The van der Waals surface area contributed by atoms with Crippen molar-refractivity contribution in [1.82, 2.24) is 4.90 Å². The number of rotatable bonds is 6. The molecule has 0 saturated heterocycles. The lowest BCUT2D eigenvalue weighted by Crippen LogP contribution is -2.40. The van der Waals surface area contributed by atoms with Crippen LogP contribution in [0.2, 0.25) is 0 Å². The third-order valence-electron chi connectivity index (χ3n) is 3.02. The zero-order valence-corrected chi connectivity index (χ0v) is 12.3. The Kier molecular flexibility index (Phi) is 6.55. The number of benzene rings is 1. The lowest BCUT2D eigenvalue weighted by molar-refractivity contribution is -0.146. The Hall–Kier alpha value is -2.21. The lowest BCUT2D eigenvalue weighted by Gasteiger charge is -2.16. The first kappa shape index (κ1) is 16.8.